The molecular weight excluding hydrogens is 214 g/mol. The van der Waals surface area contributed by atoms with E-state index in [0.717, 1.165) is 32.2 Å². The molecule has 0 spiro atoms. The van der Waals surface area contributed by atoms with E-state index in [-0.39, 0.29) is 35.9 Å². The fourth-order valence-electron chi connectivity index (χ4n) is 2.15. The number of nitrogens with one attached hydrogen (secondary N) is 2. The molecule has 0 aromatic carbocycles. The summed E-state index contributed by atoms with van der Waals surface area (Å²) in [6.07, 6.45) is 3.85. The SMILES string of the molecule is CCC1(C(=O)NC2CC2N)CCCN1.Cl. The van der Waals surface area contributed by atoms with Crippen molar-refractivity contribution in [2.24, 2.45) is 5.73 Å². The van der Waals surface area contributed by atoms with Crippen LogP contribution in [0.4, 0.5) is 0 Å². The zero-order valence-electron chi connectivity index (χ0n) is 9.08. The first-order valence-corrected chi connectivity index (χ1v) is 5.49. The van der Waals surface area contributed by atoms with Gasteiger partial charge < -0.3 is 16.4 Å². The first kappa shape index (κ1) is 12.7. The second-order valence-corrected chi connectivity index (χ2v) is 4.45. The van der Waals surface area contributed by atoms with Gasteiger partial charge in [0, 0.05) is 12.1 Å². The lowest BCUT2D eigenvalue weighted by molar-refractivity contribution is -0.127. The number of hydrogen-bond donors (Lipinski definition) is 3. The molecule has 5 heteroatoms. The van der Waals surface area contributed by atoms with E-state index >= 15 is 0 Å². The van der Waals surface area contributed by atoms with Crippen molar-refractivity contribution in [1.82, 2.24) is 10.6 Å². The zero-order valence-corrected chi connectivity index (χ0v) is 9.90. The maximum Gasteiger partial charge on any atom is 0.240 e. The van der Waals surface area contributed by atoms with E-state index in [2.05, 4.69) is 17.6 Å². The summed E-state index contributed by atoms with van der Waals surface area (Å²) in [4.78, 5) is 12.0. The summed E-state index contributed by atoms with van der Waals surface area (Å²) in [7, 11) is 0. The van der Waals surface area contributed by atoms with Crippen molar-refractivity contribution in [3.63, 3.8) is 0 Å². The van der Waals surface area contributed by atoms with E-state index in [4.69, 9.17) is 5.73 Å². The van der Waals surface area contributed by atoms with E-state index in [0.29, 0.717) is 0 Å². The molecule has 2 aliphatic rings. The van der Waals surface area contributed by atoms with Gasteiger partial charge in [0.2, 0.25) is 5.91 Å². The highest BCUT2D eigenvalue weighted by atomic mass is 35.5. The summed E-state index contributed by atoms with van der Waals surface area (Å²) in [5.41, 5.74) is 5.36. The molecule has 1 saturated carbocycles. The van der Waals surface area contributed by atoms with Gasteiger partial charge in [0.1, 0.15) is 0 Å². The monoisotopic (exact) mass is 233 g/mol. The normalized spacial score (nSPS) is 38.3. The molecule has 1 aliphatic heterocycles. The number of amides is 1. The number of hydrogen-bond acceptors (Lipinski definition) is 3. The highest BCUT2D eigenvalue weighted by molar-refractivity contribution is 5.87. The Labute approximate surface area is 96.8 Å². The summed E-state index contributed by atoms with van der Waals surface area (Å²) >= 11 is 0. The number of carbonyl (C=O) groups excluding carboxylic acids is 1. The van der Waals surface area contributed by atoms with Crippen LogP contribution in [0.3, 0.4) is 0 Å². The molecule has 3 atom stereocenters. The first-order chi connectivity index (χ1) is 6.68. The quantitative estimate of drug-likeness (QED) is 0.651. The molecule has 2 rings (SSSR count). The average Bonchev–Trinajstić information content (AvgIpc) is 2.73. The number of carbonyl (C=O) groups is 1. The maximum atomic E-state index is 12.0. The van der Waals surface area contributed by atoms with Gasteiger partial charge in [0.25, 0.3) is 0 Å². The van der Waals surface area contributed by atoms with Crippen molar-refractivity contribution in [1.29, 1.82) is 0 Å². The molecule has 4 nitrogen and oxygen atoms in total. The van der Waals surface area contributed by atoms with Gasteiger partial charge in [-0.1, -0.05) is 6.92 Å². The molecule has 4 N–H and O–H groups in total. The topological polar surface area (TPSA) is 67.2 Å². The summed E-state index contributed by atoms with van der Waals surface area (Å²) in [6, 6.07) is 0.419. The summed E-state index contributed by atoms with van der Waals surface area (Å²) in [6.45, 7) is 3.02. The minimum atomic E-state index is -0.303. The van der Waals surface area contributed by atoms with Gasteiger partial charge in [0.05, 0.1) is 5.54 Å². The number of halogens is 1. The lowest BCUT2D eigenvalue weighted by atomic mass is 9.93. The molecule has 1 amide bonds. The minimum Gasteiger partial charge on any atom is -0.350 e. The van der Waals surface area contributed by atoms with Gasteiger partial charge in [-0.25, -0.2) is 0 Å². The van der Waals surface area contributed by atoms with E-state index in [1.807, 2.05) is 0 Å². The Morgan fingerprint density at radius 2 is 2.33 bits per heavy atom. The van der Waals surface area contributed by atoms with Crippen LogP contribution in [-0.4, -0.2) is 30.1 Å². The molecule has 2 fully saturated rings. The van der Waals surface area contributed by atoms with Gasteiger partial charge in [-0.05, 0) is 32.2 Å². The zero-order chi connectivity index (χ0) is 10.2. The molecular formula is C10H20ClN3O. The van der Waals surface area contributed by atoms with Crippen LogP contribution >= 0.6 is 12.4 Å². The lowest BCUT2D eigenvalue weighted by Crippen LogP contribution is -2.54. The Bertz CT molecular complexity index is 241. The van der Waals surface area contributed by atoms with Crippen molar-refractivity contribution in [2.75, 3.05) is 6.54 Å². The van der Waals surface area contributed by atoms with E-state index < -0.39 is 0 Å². The summed E-state index contributed by atoms with van der Waals surface area (Å²) in [5.74, 6) is 0.149. The van der Waals surface area contributed by atoms with Crippen LogP contribution in [0.25, 0.3) is 0 Å². The van der Waals surface area contributed by atoms with Crippen LogP contribution < -0.4 is 16.4 Å². The molecule has 0 aromatic heterocycles. The molecule has 3 unspecified atom stereocenters. The van der Waals surface area contributed by atoms with Crippen molar-refractivity contribution in [3.05, 3.63) is 0 Å². The predicted molar refractivity (Wildman–Crippen MR) is 62.0 cm³/mol. The molecule has 1 heterocycles. The van der Waals surface area contributed by atoms with Crippen LogP contribution in [0.2, 0.25) is 0 Å². The number of rotatable bonds is 3. The molecule has 0 bridgehead atoms. The van der Waals surface area contributed by atoms with Crippen molar-refractivity contribution < 1.29 is 4.79 Å². The summed E-state index contributed by atoms with van der Waals surface area (Å²) in [5, 5.41) is 6.33. The van der Waals surface area contributed by atoms with Crippen molar-refractivity contribution in [3.8, 4) is 0 Å². The van der Waals surface area contributed by atoms with Gasteiger partial charge in [0.15, 0.2) is 0 Å². The Morgan fingerprint density at radius 1 is 1.67 bits per heavy atom. The molecule has 0 radical (unpaired) electrons. The first-order valence-electron chi connectivity index (χ1n) is 5.49. The fourth-order valence-corrected chi connectivity index (χ4v) is 2.15. The highest BCUT2D eigenvalue weighted by Gasteiger charge is 2.43. The van der Waals surface area contributed by atoms with Gasteiger partial charge >= 0.3 is 0 Å². The standard InChI is InChI=1S/C10H19N3O.ClH/c1-2-10(4-3-5-12-10)9(14)13-8-6-7(8)11;/h7-8,12H,2-6,11H2,1H3,(H,13,14);1H. The molecule has 1 saturated heterocycles. The predicted octanol–water partition coefficient (Wildman–Crippen LogP) is 0.156. The Balaban J connectivity index is 0.00000112. The molecule has 1 aliphatic carbocycles. The largest absolute Gasteiger partial charge is 0.350 e. The van der Waals surface area contributed by atoms with Crippen molar-refractivity contribution in [2.45, 2.75) is 50.2 Å². The Hall–Kier alpha value is -0.320. The second-order valence-electron chi connectivity index (χ2n) is 4.45. The van der Waals surface area contributed by atoms with Crippen LogP contribution in [0, 0.1) is 0 Å². The maximum absolute atomic E-state index is 12.0. The smallest absolute Gasteiger partial charge is 0.240 e. The van der Waals surface area contributed by atoms with E-state index in [9.17, 15) is 4.79 Å². The van der Waals surface area contributed by atoms with Crippen LogP contribution in [0.5, 0.6) is 0 Å². The van der Waals surface area contributed by atoms with Gasteiger partial charge in [-0.3, -0.25) is 4.79 Å². The second kappa shape index (κ2) is 4.68. The fraction of sp³-hybridized carbons (Fsp3) is 0.900. The van der Waals surface area contributed by atoms with Crippen LogP contribution in [0.1, 0.15) is 32.6 Å². The van der Waals surface area contributed by atoms with Crippen molar-refractivity contribution >= 4 is 18.3 Å². The lowest BCUT2D eigenvalue weighted by Gasteiger charge is -2.26. The highest BCUT2D eigenvalue weighted by Crippen LogP contribution is 2.25. The third-order valence-corrected chi connectivity index (χ3v) is 3.44. The third-order valence-electron chi connectivity index (χ3n) is 3.44. The van der Waals surface area contributed by atoms with Crippen LogP contribution in [0.15, 0.2) is 0 Å². The van der Waals surface area contributed by atoms with Gasteiger partial charge in [-0.15, -0.1) is 12.4 Å². The molecule has 0 aromatic rings. The number of nitrogens with two attached hydrogens (primary N) is 1. The minimum absolute atomic E-state index is 0. The Morgan fingerprint density at radius 3 is 2.73 bits per heavy atom. The third kappa shape index (κ3) is 2.44. The molecule has 88 valence electrons. The van der Waals surface area contributed by atoms with E-state index in [1.54, 1.807) is 0 Å². The summed E-state index contributed by atoms with van der Waals surface area (Å²) < 4.78 is 0. The Kier molecular flexibility index (Phi) is 3.98. The van der Waals surface area contributed by atoms with Gasteiger partial charge in [-0.2, -0.15) is 0 Å². The van der Waals surface area contributed by atoms with E-state index in [1.165, 1.54) is 0 Å². The molecule has 15 heavy (non-hydrogen) atoms. The average molecular weight is 234 g/mol. The van der Waals surface area contributed by atoms with Crippen LogP contribution in [-0.2, 0) is 4.79 Å².